The largest absolute Gasteiger partial charge is 0.360 e. The molecule has 0 amide bonds. The average molecular weight is 249 g/mol. The zero-order valence-corrected chi connectivity index (χ0v) is 10.6. The molecule has 0 bridgehead atoms. The van der Waals surface area contributed by atoms with Crippen LogP contribution in [0.3, 0.4) is 0 Å². The third-order valence-electron chi connectivity index (χ3n) is 2.96. The molecule has 1 N–H and O–H groups in total. The topological polar surface area (TPSA) is 55.6 Å². The Morgan fingerprint density at radius 1 is 1.53 bits per heavy atom. The Morgan fingerprint density at radius 2 is 2.41 bits per heavy atom. The second-order valence-electron chi connectivity index (χ2n) is 4.40. The normalized spacial score (nSPS) is 15.1. The number of nitrogens with zero attached hydrogens (tertiary/aromatic N) is 4. The molecule has 90 valence electrons. The van der Waals surface area contributed by atoms with Crippen LogP contribution in [0.4, 0.5) is 5.13 Å². The van der Waals surface area contributed by atoms with E-state index in [4.69, 9.17) is 0 Å². The minimum atomic E-state index is 0.638. The molecule has 0 atom stereocenters. The van der Waals surface area contributed by atoms with Gasteiger partial charge in [0.25, 0.3) is 0 Å². The lowest BCUT2D eigenvalue weighted by atomic mass is 10.3. The molecule has 1 saturated carbocycles. The molecule has 3 rings (SSSR count). The molecule has 5 nitrogen and oxygen atoms in total. The number of nitrogens with one attached hydrogen (secondary N) is 1. The van der Waals surface area contributed by atoms with Crippen LogP contribution >= 0.6 is 11.5 Å². The Morgan fingerprint density at radius 3 is 3.12 bits per heavy atom. The molecule has 1 fully saturated rings. The second-order valence-corrected chi connectivity index (χ2v) is 5.16. The van der Waals surface area contributed by atoms with E-state index in [1.54, 1.807) is 0 Å². The molecule has 1 aliphatic carbocycles. The molecule has 0 radical (unpaired) electrons. The van der Waals surface area contributed by atoms with Gasteiger partial charge in [0.05, 0.1) is 6.33 Å². The fraction of sp³-hybridized carbons (Fsp3) is 0.545. The first-order valence-corrected chi connectivity index (χ1v) is 6.63. The Kier molecular flexibility index (Phi) is 2.80. The third-order valence-corrected chi connectivity index (χ3v) is 3.64. The summed E-state index contributed by atoms with van der Waals surface area (Å²) in [5, 5.41) is 4.26. The van der Waals surface area contributed by atoms with Gasteiger partial charge >= 0.3 is 0 Å². The summed E-state index contributed by atoms with van der Waals surface area (Å²) in [5.74, 6) is 1.66. The summed E-state index contributed by atoms with van der Waals surface area (Å²) in [7, 11) is 2.01. The van der Waals surface area contributed by atoms with Gasteiger partial charge in [-0.3, -0.25) is 0 Å². The van der Waals surface area contributed by atoms with Crippen LogP contribution in [0.2, 0.25) is 0 Å². The van der Waals surface area contributed by atoms with Crippen LogP contribution in [-0.2, 0) is 13.5 Å². The van der Waals surface area contributed by atoms with Crippen molar-refractivity contribution in [1.29, 1.82) is 0 Å². The van der Waals surface area contributed by atoms with Gasteiger partial charge in [-0.05, 0) is 12.8 Å². The number of hydrogen-bond donors (Lipinski definition) is 1. The molecule has 0 aromatic carbocycles. The summed E-state index contributed by atoms with van der Waals surface area (Å²) >= 11 is 1.46. The summed E-state index contributed by atoms with van der Waals surface area (Å²) in [6.07, 6.45) is 7.19. The van der Waals surface area contributed by atoms with E-state index in [0.29, 0.717) is 5.92 Å². The number of imidazole rings is 1. The molecule has 6 heteroatoms. The van der Waals surface area contributed by atoms with Gasteiger partial charge in [-0.25, -0.2) is 9.97 Å². The summed E-state index contributed by atoms with van der Waals surface area (Å²) < 4.78 is 6.40. The van der Waals surface area contributed by atoms with Crippen molar-refractivity contribution >= 4 is 16.7 Å². The lowest BCUT2D eigenvalue weighted by molar-refractivity contribution is 0.815. The van der Waals surface area contributed by atoms with Gasteiger partial charge in [0, 0.05) is 49.4 Å². The fourth-order valence-corrected chi connectivity index (χ4v) is 2.41. The van der Waals surface area contributed by atoms with Crippen LogP contribution in [0, 0.1) is 0 Å². The van der Waals surface area contributed by atoms with Crippen molar-refractivity contribution in [2.24, 2.45) is 7.05 Å². The SMILES string of the molecule is Cn1cncc1CCNc1nc(C2CC2)ns1. The van der Waals surface area contributed by atoms with Crippen molar-refractivity contribution < 1.29 is 0 Å². The molecule has 2 heterocycles. The summed E-state index contributed by atoms with van der Waals surface area (Å²) in [5.41, 5.74) is 1.23. The summed E-state index contributed by atoms with van der Waals surface area (Å²) in [6.45, 7) is 0.874. The van der Waals surface area contributed by atoms with E-state index < -0.39 is 0 Å². The third kappa shape index (κ3) is 2.46. The Labute approximate surface area is 104 Å². The molecule has 0 spiro atoms. The number of aromatic nitrogens is 4. The van der Waals surface area contributed by atoms with Crippen LogP contribution in [0.25, 0.3) is 0 Å². The van der Waals surface area contributed by atoms with Gasteiger partial charge in [-0.2, -0.15) is 4.37 Å². The maximum absolute atomic E-state index is 4.49. The smallest absolute Gasteiger partial charge is 0.202 e. The minimum Gasteiger partial charge on any atom is -0.360 e. The first kappa shape index (κ1) is 10.7. The van der Waals surface area contributed by atoms with Crippen LogP contribution in [0.15, 0.2) is 12.5 Å². The highest BCUT2D eigenvalue weighted by Gasteiger charge is 2.27. The maximum Gasteiger partial charge on any atom is 0.202 e. The highest BCUT2D eigenvalue weighted by molar-refractivity contribution is 7.09. The van der Waals surface area contributed by atoms with Crippen molar-refractivity contribution in [2.75, 3.05) is 11.9 Å². The molecule has 0 saturated heterocycles. The molecule has 1 aliphatic rings. The number of anilines is 1. The molecule has 17 heavy (non-hydrogen) atoms. The number of rotatable bonds is 5. The standard InChI is InChI=1S/C11H15N5S/c1-16-7-12-6-9(16)4-5-13-11-14-10(15-17-11)8-2-3-8/h6-8H,2-5H2,1H3,(H,13,14,15). The number of aryl methyl sites for hydroxylation is 1. The zero-order chi connectivity index (χ0) is 11.7. The molecular formula is C11H15N5S. The van der Waals surface area contributed by atoms with Crippen LogP contribution in [0.1, 0.15) is 30.3 Å². The molecule has 0 unspecified atom stereocenters. The maximum atomic E-state index is 4.49. The molecule has 2 aromatic rings. The Hall–Kier alpha value is -1.43. The van der Waals surface area contributed by atoms with Crippen molar-refractivity contribution in [1.82, 2.24) is 18.9 Å². The predicted octanol–water partition coefficient (Wildman–Crippen LogP) is 1.80. The van der Waals surface area contributed by atoms with E-state index in [1.807, 2.05) is 24.1 Å². The quantitative estimate of drug-likeness (QED) is 0.878. The van der Waals surface area contributed by atoms with Gasteiger partial charge in [-0.1, -0.05) is 0 Å². The van der Waals surface area contributed by atoms with Crippen molar-refractivity contribution in [3.8, 4) is 0 Å². The Bertz CT molecular complexity index is 499. The average Bonchev–Trinajstić information content (AvgIpc) is 2.94. The lowest BCUT2D eigenvalue weighted by Gasteiger charge is -2.02. The first-order chi connectivity index (χ1) is 8.33. The van der Waals surface area contributed by atoms with E-state index in [-0.39, 0.29) is 0 Å². The number of hydrogen-bond acceptors (Lipinski definition) is 5. The van der Waals surface area contributed by atoms with Gasteiger partial charge in [0.1, 0.15) is 5.82 Å². The molecule has 2 aromatic heterocycles. The van der Waals surface area contributed by atoms with Crippen molar-refractivity contribution in [2.45, 2.75) is 25.2 Å². The Balaban J connectivity index is 1.51. The summed E-state index contributed by atoms with van der Waals surface area (Å²) in [6, 6.07) is 0. The highest BCUT2D eigenvalue weighted by atomic mass is 32.1. The predicted molar refractivity (Wildman–Crippen MR) is 67.3 cm³/mol. The van der Waals surface area contributed by atoms with Crippen LogP contribution < -0.4 is 5.32 Å². The second kappa shape index (κ2) is 4.44. The van der Waals surface area contributed by atoms with Gasteiger partial charge in [0.15, 0.2) is 0 Å². The van der Waals surface area contributed by atoms with Crippen LogP contribution in [0.5, 0.6) is 0 Å². The van der Waals surface area contributed by atoms with Crippen LogP contribution in [-0.4, -0.2) is 25.5 Å². The van der Waals surface area contributed by atoms with Gasteiger partial charge < -0.3 is 9.88 Å². The van der Waals surface area contributed by atoms with E-state index >= 15 is 0 Å². The van der Waals surface area contributed by atoms with Crippen molar-refractivity contribution in [3.63, 3.8) is 0 Å². The summed E-state index contributed by atoms with van der Waals surface area (Å²) in [4.78, 5) is 8.58. The van der Waals surface area contributed by atoms with E-state index in [1.165, 1.54) is 30.1 Å². The van der Waals surface area contributed by atoms with E-state index in [2.05, 4.69) is 19.7 Å². The lowest BCUT2D eigenvalue weighted by Crippen LogP contribution is -2.07. The minimum absolute atomic E-state index is 0.638. The molecule has 0 aliphatic heterocycles. The first-order valence-electron chi connectivity index (χ1n) is 5.85. The van der Waals surface area contributed by atoms with Gasteiger partial charge in [-0.15, -0.1) is 0 Å². The van der Waals surface area contributed by atoms with E-state index in [0.717, 1.165) is 23.9 Å². The molecular weight excluding hydrogens is 234 g/mol. The zero-order valence-electron chi connectivity index (χ0n) is 9.76. The van der Waals surface area contributed by atoms with Crippen molar-refractivity contribution in [3.05, 3.63) is 24.0 Å². The monoisotopic (exact) mass is 249 g/mol. The highest BCUT2D eigenvalue weighted by Crippen LogP contribution is 2.39. The van der Waals surface area contributed by atoms with Gasteiger partial charge in [0.2, 0.25) is 5.13 Å². The van der Waals surface area contributed by atoms with E-state index in [9.17, 15) is 0 Å². The fourth-order valence-electron chi connectivity index (χ4n) is 1.74.